The van der Waals surface area contributed by atoms with Gasteiger partial charge < -0.3 is 19.7 Å². The third-order valence-electron chi connectivity index (χ3n) is 5.15. The average Bonchev–Trinajstić information content (AvgIpc) is 3.09. The summed E-state index contributed by atoms with van der Waals surface area (Å²) in [6, 6.07) is 9.86. The molecule has 1 unspecified atom stereocenters. The van der Waals surface area contributed by atoms with Crippen LogP contribution in [0.3, 0.4) is 0 Å². The van der Waals surface area contributed by atoms with E-state index in [9.17, 15) is 14.0 Å². The SMILES string of the molecule is COc1ccc(CCN2CC(C(=O)Nc3ccc(F)cc3C)CC2=O)cc1OC. The number of rotatable bonds is 7. The molecule has 7 heteroatoms. The fraction of sp³-hybridized carbons (Fsp3) is 0.364. The Morgan fingerprint density at radius 3 is 2.62 bits per heavy atom. The number of nitrogens with zero attached hydrogens (tertiary/aromatic N) is 1. The van der Waals surface area contributed by atoms with Gasteiger partial charge in [-0.1, -0.05) is 6.07 Å². The molecule has 1 aliphatic rings. The lowest BCUT2D eigenvalue weighted by Gasteiger charge is -2.17. The third-order valence-corrected chi connectivity index (χ3v) is 5.15. The van der Waals surface area contributed by atoms with Gasteiger partial charge in [0.15, 0.2) is 11.5 Å². The molecule has 0 bridgehead atoms. The zero-order chi connectivity index (χ0) is 21.0. The predicted molar refractivity (Wildman–Crippen MR) is 108 cm³/mol. The highest BCUT2D eigenvalue weighted by molar-refractivity contribution is 5.97. The van der Waals surface area contributed by atoms with E-state index in [0.29, 0.717) is 42.3 Å². The van der Waals surface area contributed by atoms with Gasteiger partial charge in [-0.3, -0.25) is 9.59 Å². The van der Waals surface area contributed by atoms with Gasteiger partial charge in [0.1, 0.15) is 5.82 Å². The zero-order valence-corrected chi connectivity index (χ0v) is 16.8. The topological polar surface area (TPSA) is 67.9 Å². The number of hydrogen-bond donors (Lipinski definition) is 1. The standard InChI is InChI=1S/C22H25FN2O4/c1-14-10-17(23)5-6-18(14)24-22(27)16-12-21(26)25(13-16)9-8-15-4-7-19(28-2)20(11-15)29-3/h4-7,10-11,16H,8-9,12-13H2,1-3H3,(H,24,27). The molecule has 1 N–H and O–H groups in total. The summed E-state index contributed by atoms with van der Waals surface area (Å²) in [6.45, 7) is 2.62. The summed E-state index contributed by atoms with van der Waals surface area (Å²) in [5.41, 5.74) is 2.23. The van der Waals surface area contributed by atoms with E-state index in [-0.39, 0.29) is 24.1 Å². The highest BCUT2D eigenvalue weighted by Crippen LogP contribution is 2.28. The van der Waals surface area contributed by atoms with Crippen LogP contribution in [0.1, 0.15) is 17.5 Å². The van der Waals surface area contributed by atoms with Crippen molar-refractivity contribution in [2.75, 3.05) is 32.6 Å². The van der Waals surface area contributed by atoms with Gasteiger partial charge in [-0.15, -0.1) is 0 Å². The molecular weight excluding hydrogens is 375 g/mol. The average molecular weight is 400 g/mol. The molecule has 0 aromatic heterocycles. The van der Waals surface area contributed by atoms with Crippen LogP contribution in [-0.4, -0.2) is 44.0 Å². The molecule has 1 atom stereocenters. The second-order valence-electron chi connectivity index (χ2n) is 7.13. The minimum Gasteiger partial charge on any atom is -0.493 e. The van der Waals surface area contributed by atoms with E-state index in [2.05, 4.69) is 5.32 Å². The quantitative estimate of drug-likeness (QED) is 0.775. The predicted octanol–water partition coefficient (Wildman–Crippen LogP) is 3.18. The van der Waals surface area contributed by atoms with Crippen molar-refractivity contribution >= 4 is 17.5 Å². The van der Waals surface area contributed by atoms with Crippen LogP contribution in [0.4, 0.5) is 10.1 Å². The van der Waals surface area contributed by atoms with Crippen LogP contribution >= 0.6 is 0 Å². The molecule has 6 nitrogen and oxygen atoms in total. The second-order valence-corrected chi connectivity index (χ2v) is 7.13. The van der Waals surface area contributed by atoms with E-state index in [0.717, 1.165) is 5.56 Å². The molecule has 3 rings (SSSR count). The van der Waals surface area contributed by atoms with Gasteiger partial charge in [0, 0.05) is 25.2 Å². The third kappa shape index (κ3) is 4.85. The minimum atomic E-state index is -0.419. The van der Waals surface area contributed by atoms with Gasteiger partial charge in [-0.2, -0.15) is 0 Å². The monoisotopic (exact) mass is 400 g/mol. The van der Waals surface area contributed by atoms with Gasteiger partial charge >= 0.3 is 0 Å². The molecular formula is C22H25FN2O4. The summed E-state index contributed by atoms with van der Waals surface area (Å²) in [4.78, 5) is 26.6. The normalized spacial score (nSPS) is 16.1. The number of methoxy groups -OCH3 is 2. The number of hydrogen-bond acceptors (Lipinski definition) is 4. The molecule has 0 saturated carbocycles. The van der Waals surface area contributed by atoms with Crippen LogP contribution < -0.4 is 14.8 Å². The smallest absolute Gasteiger partial charge is 0.229 e. The summed E-state index contributed by atoms with van der Waals surface area (Å²) >= 11 is 0. The lowest BCUT2D eigenvalue weighted by Crippen LogP contribution is -2.30. The first-order valence-electron chi connectivity index (χ1n) is 9.47. The van der Waals surface area contributed by atoms with Crippen LogP contribution in [0.2, 0.25) is 0 Å². The molecule has 2 amide bonds. The van der Waals surface area contributed by atoms with Crippen molar-refractivity contribution in [1.29, 1.82) is 0 Å². The van der Waals surface area contributed by atoms with E-state index in [4.69, 9.17) is 9.47 Å². The number of halogens is 1. The molecule has 0 spiro atoms. The van der Waals surface area contributed by atoms with E-state index in [1.807, 2.05) is 18.2 Å². The summed E-state index contributed by atoms with van der Waals surface area (Å²) in [5.74, 6) is 0.268. The van der Waals surface area contributed by atoms with Gasteiger partial charge in [-0.05, 0) is 54.8 Å². The van der Waals surface area contributed by atoms with Crippen LogP contribution in [0.15, 0.2) is 36.4 Å². The summed E-state index contributed by atoms with van der Waals surface area (Å²) in [6.07, 6.45) is 0.829. The Hall–Kier alpha value is -3.09. The number of amides is 2. The fourth-order valence-electron chi connectivity index (χ4n) is 3.47. The van der Waals surface area contributed by atoms with E-state index in [1.54, 1.807) is 26.0 Å². The fourth-order valence-corrected chi connectivity index (χ4v) is 3.47. The van der Waals surface area contributed by atoms with Crippen molar-refractivity contribution in [1.82, 2.24) is 4.90 Å². The van der Waals surface area contributed by atoms with Gasteiger partial charge in [0.25, 0.3) is 0 Å². The zero-order valence-electron chi connectivity index (χ0n) is 16.8. The maximum atomic E-state index is 13.2. The van der Waals surface area contributed by atoms with Crippen LogP contribution in [0.5, 0.6) is 11.5 Å². The van der Waals surface area contributed by atoms with Crippen molar-refractivity contribution in [3.63, 3.8) is 0 Å². The Kier molecular flexibility index (Phi) is 6.36. The Labute approximate surface area is 169 Å². The Bertz CT molecular complexity index is 916. The summed E-state index contributed by atoms with van der Waals surface area (Å²) in [7, 11) is 3.16. The molecule has 2 aromatic rings. The molecule has 29 heavy (non-hydrogen) atoms. The number of benzene rings is 2. The lowest BCUT2D eigenvalue weighted by atomic mass is 10.1. The molecule has 1 heterocycles. The number of anilines is 1. The van der Waals surface area contributed by atoms with Crippen molar-refractivity contribution in [3.8, 4) is 11.5 Å². The van der Waals surface area contributed by atoms with E-state index in [1.165, 1.54) is 18.2 Å². The van der Waals surface area contributed by atoms with Gasteiger partial charge in [0.05, 0.1) is 20.1 Å². The Balaban J connectivity index is 1.58. The molecule has 1 fully saturated rings. The molecule has 0 radical (unpaired) electrons. The molecule has 2 aromatic carbocycles. The minimum absolute atomic E-state index is 0.0403. The maximum absolute atomic E-state index is 13.2. The number of nitrogens with one attached hydrogen (secondary N) is 1. The van der Waals surface area contributed by atoms with Crippen LogP contribution in [0, 0.1) is 18.7 Å². The van der Waals surface area contributed by atoms with Gasteiger partial charge in [0.2, 0.25) is 11.8 Å². The van der Waals surface area contributed by atoms with Gasteiger partial charge in [-0.25, -0.2) is 4.39 Å². The van der Waals surface area contributed by atoms with Crippen LogP contribution in [-0.2, 0) is 16.0 Å². The number of likely N-dealkylation sites (tertiary alicyclic amines) is 1. The number of ether oxygens (including phenoxy) is 2. The van der Waals surface area contributed by atoms with Crippen molar-refractivity contribution < 1.29 is 23.5 Å². The highest BCUT2D eigenvalue weighted by Gasteiger charge is 2.34. The summed E-state index contributed by atoms with van der Waals surface area (Å²) in [5, 5.41) is 2.81. The molecule has 1 aliphatic heterocycles. The van der Waals surface area contributed by atoms with Crippen molar-refractivity contribution in [2.24, 2.45) is 5.92 Å². The van der Waals surface area contributed by atoms with Crippen molar-refractivity contribution in [3.05, 3.63) is 53.3 Å². The highest BCUT2D eigenvalue weighted by atomic mass is 19.1. The van der Waals surface area contributed by atoms with E-state index < -0.39 is 5.92 Å². The molecule has 154 valence electrons. The van der Waals surface area contributed by atoms with E-state index >= 15 is 0 Å². The van der Waals surface area contributed by atoms with Crippen molar-refractivity contribution in [2.45, 2.75) is 19.8 Å². The second kappa shape index (κ2) is 8.94. The molecule has 0 aliphatic carbocycles. The number of aryl methyl sites for hydroxylation is 1. The Morgan fingerprint density at radius 1 is 1.17 bits per heavy atom. The first-order valence-corrected chi connectivity index (χ1v) is 9.47. The first-order chi connectivity index (χ1) is 13.9. The Morgan fingerprint density at radius 2 is 1.93 bits per heavy atom. The van der Waals surface area contributed by atoms with Crippen LogP contribution in [0.25, 0.3) is 0 Å². The summed E-state index contributed by atoms with van der Waals surface area (Å²) < 4.78 is 23.8. The number of carbonyl (C=O) groups excluding carboxylic acids is 2. The molecule has 1 saturated heterocycles. The first kappa shape index (κ1) is 20.6. The number of carbonyl (C=O) groups is 2. The maximum Gasteiger partial charge on any atom is 0.229 e. The largest absolute Gasteiger partial charge is 0.493 e. The lowest BCUT2D eigenvalue weighted by molar-refractivity contribution is -0.128.